The van der Waals surface area contributed by atoms with Crippen molar-refractivity contribution < 1.29 is 9.53 Å². The number of ether oxygens (including phenoxy) is 1. The quantitative estimate of drug-likeness (QED) is 0.607. The topological polar surface area (TPSA) is 60.3 Å². The molecule has 5 nitrogen and oxygen atoms in total. The van der Waals surface area contributed by atoms with Gasteiger partial charge >= 0.3 is 0 Å². The van der Waals surface area contributed by atoms with Crippen molar-refractivity contribution in [1.29, 1.82) is 0 Å². The lowest BCUT2D eigenvalue weighted by atomic mass is 10.0. The van der Waals surface area contributed by atoms with Crippen molar-refractivity contribution in [1.82, 2.24) is 9.88 Å². The van der Waals surface area contributed by atoms with Crippen LogP contribution in [0.3, 0.4) is 0 Å². The molecule has 1 heterocycles. The lowest BCUT2D eigenvalue weighted by molar-refractivity contribution is -0.124. The molecule has 0 fully saturated rings. The van der Waals surface area contributed by atoms with Crippen LogP contribution in [0.5, 0.6) is 0 Å². The molecule has 3 aromatic rings. The average Bonchev–Trinajstić information content (AvgIpc) is 2.72. The molecule has 0 saturated carbocycles. The number of hydrogen-bond acceptors (Lipinski definition) is 3. The maximum absolute atomic E-state index is 13.3. The van der Waals surface area contributed by atoms with Gasteiger partial charge in [-0.15, -0.1) is 0 Å². The fourth-order valence-corrected chi connectivity index (χ4v) is 3.35. The van der Waals surface area contributed by atoms with Crippen LogP contribution < -0.4 is 10.7 Å². The van der Waals surface area contributed by atoms with E-state index in [2.05, 4.69) is 11.9 Å². The van der Waals surface area contributed by atoms with Crippen molar-refractivity contribution in [3.8, 4) is 5.69 Å². The Labute approximate surface area is 174 Å². The van der Waals surface area contributed by atoms with Crippen molar-refractivity contribution in [3.63, 3.8) is 0 Å². The number of rotatable bonds is 6. The number of para-hydroxylation sites is 1. The normalized spacial score (nSPS) is 10.9. The Hall–Kier alpha value is -3.05. The molecule has 0 spiro atoms. The van der Waals surface area contributed by atoms with Crippen molar-refractivity contribution in [2.45, 2.75) is 20.4 Å². The molecule has 0 radical (unpaired) electrons. The number of halogens is 1. The predicted octanol–water partition coefficient (Wildman–Crippen LogP) is 4.53. The highest BCUT2D eigenvalue weighted by Gasteiger charge is 2.22. The van der Waals surface area contributed by atoms with Crippen LogP contribution in [-0.4, -0.2) is 17.6 Å². The highest BCUT2D eigenvalue weighted by atomic mass is 35.5. The molecule has 0 aliphatic heterocycles. The zero-order valence-electron chi connectivity index (χ0n) is 16.7. The predicted molar refractivity (Wildman–Crippen MR) is 117 cm³/mol. The first kappa shape index (κ1) is 20.7. The third-order valence-corrected chi connectivity index (χ3v) is 4.95. The minimum Gasteiger partial charge on any atom is -0.495 e. The van der Waals surface area contributed by atoms with E-state index in [4.69, 9.17) is 16.3 Å². The SMILES string of the molecule is C=C(OC)c1c(CNC(=O)C(C)C)c(=O)c2ccc(Cl)cc2n1-c1ccccc1. The molecule has 0 aliphatic carbocycles. The van der Waals surface area contributed by atoms with Gasteiger partial charge in [-0.3, -0.25) is 9.59 Å². The lowest BCUT2D eigenvalue weighted by Gasteiger charge is -2.22. The Bertz CT molecular complexity index is 1130. The first-order valence-corrected chi connectivity index (χ1v) is 9.66. The van der Waals surface area contributed by atoms with Crippen molar-refractivity contribution in [3.05, 3.63) is 81.6 Å². The maximum atomic E-state index is 13.3. The number of benzene rings is 2. The van der Waals surface area contributed by atoms with Gasteiger partial charge in [0.1, 0.15) is 5.76 Å². The van der Waals surface area contributed by atoms with Gasteiger partial charge in [0.15, 0.2) is 5.43 Å². The Morgan fingerprint density at radius 2 is 1.90 bits per heavy atom. The molecule has 0 bridgehead atoms. The number of nitrogens with zero attached hydrogens (tertiary/aromatic N) is 1. The van der Waals surface area contributed by atoms with Crippen LogP contribution in [0, 0.1) is 5.92 Å². The molecule has 1 amide bonds. The molecule has 0 aliphatic rings. The summed E-state index contributed by atoms with van der Waals surface area (Å²) in [5.74, 6) is -0.0119. The molecule has 150 valence electrons. The Morgan fingerprint density at radius 3 is 2.52 bits per heavy atom. The summed E-state index contributed by atoms with van der Waals surface area (Å²) in [6.07, 6.45) is 0. The van der Waals surface area contributed by atoms with E-state index in [-0.39, 0.29) is 23.8 Å². The van der Waals surface area contributed by atoms with Gasteiger partial charge in [-0.2, -0.15) is 0 Å². The van der Waals surface area contributed by atoms with Gasteiger partial charge in [-0.25, -0.2) is 0 Å². The molecule has 0 atom stereocenters. The number of carbonyl (C=O) groups is 1. The number of methoxy groups -OCH3 is 1. The summed E-state index contributed by atoms with van der Waals surface area (Å²) in [5.41, 5.74) is 2.18. The van der Waals surface area contributed by atoms with Gasteiger partial charge in [0.2, 0.25) is 5.91 Å². The van der Waals surface area contributed by atoms with Gasteiger partial charge in [0.25, 0.3) is 0 Å². The summed E-state index contributed by atoms with van der Waals surface area (Å²) in [4.78, 5) is 25.5. The van der Waals surface area contributed by atoms with Gasteiger partial charge in [0, 0.05) is 34.1 Å². The van der Waals surface area contributed by atoms with Gasteiger partial charge in [-0.05, 0) is 30.3 Å². The highest BCUT2D eigenvalue weighted by molar-refractivity contribution is 6.31. The molecular weight excluding hydrogens is 388 g/mol. The van der Waals surface area contributed by atoms with E-state index >= 15 is 0 Å². The molecule has 6 heteroatoms. The van der Waals surface area contributed by atoms with Crippen LogP contribution in [0.25, 0.3) is 22.3 Å². The van der Waals surface area contributed by atoms with E-state index in [0.29, 0.717) is 32.9 Å². The van der Waals surface area contributed by atoms with Crippen LogP contribution in [0.15, 0.2) is 59.9 Å². The molecule has 2 aromatic carbocycles. The first-order chi connectivity index (χ1) is 13.8. The van der Waals surface area contributed by atoms with E-state index in [1.165, 1.54) is 7.11 Å². The standard InChI is InChI=1S/C23H23ClN2O3/c1-14(2)23(28)25-13-19-21(15(3)29-4)26(17-8-6-5-7-9-17)20-12-16(24)10-11-18(20)22(19)27/h5-12,14H,3,13H2,1-2,4H3,(H,25,28). The Balaban J connectivity index is 2.39. The maximum Gasteiger partial charge on any atom is 0.222 e. The van der Waals surface area contributed by atoms with Gasteiger partial charge in [-0.1, -0.05) is 50.2 Å². The van der Waals surface area contributed by atoms with E-state index < -0.39 is 0 Å². The monoisotopic (exact) mass is 410 g/mol. The fourth-order valence-electron chi connectivity index (χ4n) is 3.19. The number of aromatic nitrogens is 1. The second kappa shape index (κ2) is 8.53. The summed E-state index contributed by atoms with van der Waals surface area (Å²) in [6.45, 7) is 7.66. The summed E-state index contributed by atoms with van der Waals surface area (Å²) < 4.78 is 7.32. The van der Waals surface area contributed by atoms with E-state index in [0.717, 1.165) is 5.69 Å². The largest absolute Gasteiger partial charge is 0.495 e. The number of fused-ring (bicyclic) bond motifs is 1. The van der Waals surface area contributed by atoms with E-state index in [9.17, 15) is 9.59 Å². The van der Waals surface area contributed by atoms with E-state index in [1.54, 1.807) is 32.0 Å². The van der Waals surface area contributed by atoms with E-state index in [1.807, 2.05) is 34.9 Å². The smallest absolute Gasteiger partial charge is 0.222 e. The van der Waals surface area contributed by atoms with Crippen LogP contribution in [0.2, 0.25) is 5.02 Å². The average molecular weight is 411 g/mol. The summed E-state index contributed by atoms with van der Waals surface area (Å²) in [5, 5.41) is 3.85. The molecule has 3 rings (SSSR count). The van der Waals surface area contributed by atoms with Crippen molar-refractivity contribution in [2.24, 2.45) is 5.92 Å². The first-order valence-electron chi connectivity index (χ1n) is 9.28. The zero-order chi connectivity index (χ0) is 21.1. The minimum absolute atomic E-state index is 0.0684. The molecule has 29 heavy (non-hydrogen) atoms. The molecule has 1 N–H and O–H groups in total. The van der Waals surface area contributed by atoms with Crippen molar-refractivity contribution in [2.75, 3.05) is 7.11 Å². The Morgan fingerprint density at radius 1 is 1.21 bits per heavy atom. The molecule has 0 unspecified atom stereocenters. The second-order valence-corrected chi connectivity index (χ2v) is 7.42. The fraction of sp³-hybridized carbons (Fsp3) is 0.217. The summed E-state index contributed by atoms with van der Waals surface area (Å²) >= 11 is 6.25. The number of amides is 1. The van der Waals surface area contributed by atoms with Crippen LogP contribution in [-0.2, 0) is 16.1 Å². The van der Waals surface area contributed by atoms with Gasteiger partial charge < -0.3 is 14.6 Å². The summed E-state index contributed by atoms with van der Waals surface area (Å²) in [7, 11) is 1.50. The highest BCUT2D eigenvalue weighted by Crippen LogP contribution is 2.28. The zero-order valence-corrected chi connectivity index (χ0v) is 17.4. The van der Waals surface area contributed by atoms with Gasteiger partial charge in [0.05, 0.1) is 18.3 Å². The third kappa shape index (κ3) is 4.05. The van der Waals surface area contributed by atoms with Crippen LogP contribution in [0.1, 0.15) is 25.1 Å². The second-order valence-electron chi connectivity index (χ2n) is 6.99. The van der Waals surface area contributed by atoms with Crippen LogP contribution >= 0.6 is 11.6 Å². The minimum atomic E-state index is -0.195. The Kier molecular flexibility index (Phi) is 6.09. The lowest BCUT2D eigenvalue weighted by Crippen LogP contribution is -2.31. The van der Waals surface area contributed by atoms with Crippen LogP contribution in [0.4, 0.5) is 0 Å². The number of pyridine rings is 1. The number of carbonyl (C=O) groups excluding carboxylic acids is 1. The number of hydrogen-bond donors (Lipinski definition) is 1. The number of nitrogens with one attached hydrogen (secondary N) is 1. The molecule has 0 saturated heterocycles. The molecule has 1 aromatic heterocycles. The molecular formula is C23H23ClN2O3. The summed E-state index contributed by atoms with van der Waals surface area (Å²) in [6, 6.07) is 14.7. The van der Waals surface area contributed by atoms with Crippen molar-refractivity contribution >= 4 is 34.2 Å². The third-order valence-electron chi connectivity index (χ3n) is 4.72.